The smallest absolute Gasteiger partial charge is 0.249 e. The molecule has 0 aromatic heterocycles. The van der Waals surface area contributed by atoms with Gasteiger partial charge in [0.05, 0.1) is 18.2 Å². The first-order valence-electron chi connectivity index (χ1n) is 7.34. The van der Waals surface area contributed by atoms with Gasteiger partial charge in [0.2, 0.25) is 5.91 Å². The molecule has 2 aliphatic rings. The number of hydrogen-bond donors (Lipinski definition) is 0. The average Bonchev–Trinajstić information content (AvgIpc) is 2.72. The van der Waals surface area contributed by atoms with Crippen molar-refractivity contribution in [3.05, 3.63) is 21.7 Å². The zero-order chi connectivity index (χ0) is 14.5. The number of nitrogens with zero attached hydrogens (tertiary/aromatic N) is 2. The number of thioether (sulfide) groups is 1. The third kappa shape index (κ3) is 3.58. The fraction of sp³-hybridized carbons (Fsp3) is 0.667. The fourth-order valence-corrected chi connectivity index (χ4v) is 3.39. The van der Waals surface area contributed by atoms with Gasteiger partial charge >= 0.3 is 0 Å². The Labute approximate surface area is 125 Å². The van der Waals surface area contributed by atoms with Crippen molar-refractivity contribution in [2.45, 2.75) is 33.6 Å². The summed E-state index contributed by atoms with van der Waals surface area (Å²) < 4.78 is 5.29. The van der Waals surface area contributed by atoms with Crippen LogP contribution in [-0.4, -0.2) is 48.6 Å². The minimum Gasteiger partial charge on any atom is -0.378 e. The summed E-state index contributed by atoms with van der Waals surface area (Å²) in [6, 6.07) is 0. The normalized spacial score (nSPS) is 22.1. The number of hydrogen-bond acceptors (Lipinski definition) is 4. The van der Waals surface area contributed by atoms with E-state index >= 15 is 0 Å². The molecule has 0 aliphatic carbocycles. The van der Waals surface area contributed by atoms with Crippen LogP contribution >= 0.6 is 11.8 Å². The Morgan fingerprint density at radius 2 is 2.05 bits per heavy atom. The molecule has 2 rings (SSSR count). The maximum absolute atomic E-state index is 12.3. The molecule has 0 unspecified atom stereocenters. The Kier molecular flexibility index (Phi) is 5.54. The monoisotopic (exact) mass is 296 g/mol. The summed E-state index contributed by atoms with van der Waals surface area (Å²) in [7, 11) is 0. The lowest BCUT2D eigenvalue weighted by molar-refractivity contribution is -0.130. The lowest BCUT2D eigenvalue weighted by Crippen LogP contribution is -2.40. The van der Waals surface area contributed by atoms with Gasteiger partial charge in [-0.25, -0.2) is 0 Å². The molecule has 0 aromatic rings. The van der Waals surface area contributed by atoms with Gasteiger partial charge in [-0.1, -0.05) is 25.1 Å². The van der Waals surface area contributed by atoms with Crippen LogP contribution in [0.1, 0.15) is 33.6 Å². The minimum atomic E-state index is 0.111. The van der Waals surface area contributed by atoms with E-state index in [2.05, 4.69) is 25.7 Å². The van der Waals surface area contributed by atoms with E-state index in [1.54, 1.807) is 17.8 Å². The number of amides is 1. The van der Waals surface area contributed by atoms with Gasteiger partial charge in [-0.15, -0.1) is 0 Å². The van der Waals surface area contributed by atoms with Crippen LogP contribution in [0.2, 0.25) is 0 Å². The number of ether oxygens (including phenoxy) is 1. The lowest BCUT2D eigenvalue weighted by Gasteiger charge is -2.27. The van der Waals surface area contributed by atoms with Crippen LogP contribution in [0.5, 0.6) is 0 Å². The van der Waals surface area contributed by atoms with E-state index < -0.39 is 0 Å². The largest absolute Gasteiger partial charge is 0.378 e. The zero-order valence-electron chi connectivity index (χ0n) is 12.6. The maximum Gasteiger partial charge on any atom is 0.249 e. The molecule has 0 aromatic carbocycles. The molecule has 0 bridgehead atoms. The van der Waals surface area contributed by atoms with Crippen molar-refractivity contribution in [2.24, 2.45) is 0 Å². The van der Waals surface area contributed by atoms with Crippen molar-refractivity contribution in [1.82, 2.24) is 9.80 Å². The molecule has 2 heterocycles. The summed E-state index contributed by atoms with van der Waals surface area (Å²) in [6.45, 7) is 10.2. The van der Waals surface area contributed by atoms with Crippen LogP contribution in [0.3, 0.4) is 0 Å². The predicted octanol–water partition coefficient (Wildman–Crippen LogP) is 2.79. The van der Waals surface area contributed by atoms with E-state index in [9.17, 15) is 4.79 Å². The summed E-state index contributed by atoms with van der Waals surface area (Å²) in [5.41, 5.74) is 1.28. The molecule has 0 radical (unpaired) electrons. The molecule has 4 nitrogen and oxygen atoms in total. The van der Waals surface area contributed by atoms with Gasteiger partial charge in [0.25, 0.3) is 0 Å². The number of carbonyl (C=O) groups excluding carboxylic acids is 1. The second-order valence-electron chi connectivity index (χ2n) is 5.17. The Hall–Kier alpha value is -0.940. The van der Waals surface area contributed by atoms with Crippen LogP contribution in [-0.2, 0) is 9.53 Å². The standard InChI is InChI=1S/C15H24N2O2S/c1-4-5-6-17-12(2)13(3)20-15(17)11-14(18)16-7-9-19-10-8-16/h11H,4-10H2,1-3H3/b15-11-. The van der Waals surface area contributed by atoms with Crippen LogP contribution in [0.15, 0.2) is 21.7 Å². The molecule has 20 heavy (non-hydrogen) atoms. The topological polar surface area (TPSA) is 32.8 Å². The van der Waals surface area contributed by atoms with E-state index in [1.165, 1.54) is 10.6 Å². The van der Waals surface area contributed by atoms with Crippen LogP contribution in [0, 0.1) is 0 Å². The third-order valence-corrected chi connectivity index (χ3v) is 4.89. The second kappa shape index (κ2) is 7.18. The van der Waals surface area contributed by atoms with Gasteiger partial charge in [-0.2, -0.15) is 0 Å². The first-order chi connectivity index (χ1) is 9.63. The SMILES string of the molecule is CCCCN1C(C)=C(C)S/C1=C\C(=O)N1CCOCC1. The van der Waals surface area contributed by atoms with Gasteiger partial charge in [0.15, 0.2) is 0 Å². The highest BCUT2D eigenvalue weighted by molar-refractivity contribution is 8.06. The van der Waals surface area contributed by atoms with Gasteiger partial charge in [-0.3, -0.25) is 4.79 Å². The quantitative estimate of drug-likeness (QED) is 0.747. The Morgan fingerprint density at radius 3 is 2.70 bits per heavy atom. The summed E-state index contributed by atoms with van der Waals surface area (Å²) >= 11 is 1.71. The molecule has 0 N–H and O–H groups in total. The first kappa shape index (κ1) is 15.4. The molecule has 2 aliphatic heterocycles. The van der Waals surface area contributed by atoms with Crippen LogP contribution in [0.25, 0.3) is 0 Å². The van der Waals surface area contributed by atoms with Crippen molar-refractivity contribution in [1.29, 1.82) is 0 Å². The highest BCUT2D eigenvalue weighted by Crippen LogP contribution is 2.40. The number of rotatable bonds is 4. The lowest BCUT2D eigenvalue weighted by atomic mass is 10.3. The Morgan fingerprint density at radius 1 is 1.35 bits per heavy atom. The Balaban J connectivity index is 2.05. The number of morpholine rings is 1. The first-order valence-corrected chi connectivity index (χ1v) is 8.16. The van der Waals surface area contributed by atoms with Gasteiger partial charge < -0.3 is 14.5 Å². The van der Waals surface area contributed by atoms with E-state index in [1.807, 2.05) is 4.90 Å². The molecule has 0 saturated carbocycles. The van der Waals surface area contributed by atoms with Gasteiger partial charge in [-0.05, 0) is 20.3 Å². The van der Waals surface area contributed by atoms with Crippen molar-refractivity contribution < 1.29 is 9.53 Å². The summed E-state index contributed by atoms with van der Waals surface area (Å²) in [5, 5.41) is 1.07. The Bertz CT molecular complexity index is 426. The molecule has 5 heteroatoms. The van der Waals surface area contributed by atoms with Crippen molar-refractivity contribution in [2.75, 3.05) is 32.8 Å². The predicted molar refractivity (Wildman–Crippen MR) is 83.1 cm³/mol. The van der Waals surface area contributed by atoms with E-state index in [4.69, 9.17) is 4.74 Å². The molecule has 1 saturated heterocycles. The fourth-order valence-electron chi connectivity index (χ4n) is 2.32. The van der Waals surface area contributed by atoms with Crippen molar-refractivity contribution in [3.63, 3.8) is 0 Å². The zero-order valence-corrected chi connectivity index (χ0v) is 13.5. The minimum absolute atomic E-state index is 0.111. The number of allylic oxidation sites excluding steroid dienone is 2. The van der Waals surface area contributed by atoms with Crippen molar-refractivity contribution in [3.8, 4) is 0 Å². The van der Waals surface area contributed by atoms with E-state index in [0.717, 1.165) is 24.4 Å². The molecule has 1 fully saturated rings. The van der Waals surface area contributed by atoms with Gasteiger partial charge in [0, 0.05) is 36.3 Å². The highest BCUT2D eigenvalue weighted by atomic mass is 32.2. The summed E-state index contributed by atoms with van der Waals surface area (Å²) in [6.07, 6.45) is 4.11. The molecule has 1 amide bonds. The number of unbranched alkanes of at least 4 members (excludes halogenated alkanes) is 1. The van der Waals surface area contributed by atoms with Crippen LogP contribution in [0.4, 0.5) is 0 Å². The molecule has 0 atom stereocenters. The summed E-state index contributed by atoms with van der Waals surface area (Å²) in [4.78, 5) is 17.8. The average molecular weight is 296 g/mol. The molecule has 112 valence electrons. The van der Waals surface area contributed by atoms with Crippen molar-refractivity contribution >= 4 is 17.7 Å². The summed E-state index contributed by atoms with van der Waals surface area (Å²) in [5.74, 6) is 0.111. The van der Waals surface area contributed by atoms with Crippen LogP contribution < -0.4 is 0 Å². The molecular formula is C15H24N2O2S. The van der Waals surface area contributed by atoms with Gasteiger partial charge in [0.1, 0.15) is 0 Å². The second-order valence-corrected chi connectivity index (χ2v) is 6.40. The van der Waals surface area contributed by atoms with E-state index in [0.29, 0.717) is 26.3 Å². The van der Waals surface area contributed by atoms with E-state index in [-0.39, 0.29) is 5.91 Å². The molecule has 0 spiro atoms. The molecular weight excluding hydrogens is 272 g/mol. The number of carbonyl (C=O) groups is 1. The highest BCUT2D eigenvalue weighted by Gasteiger charge is 2.24. The maximum atomic E-state index is 12.3. The third-order valence-electron chi connectivity index (χ3n) is 3.74.